The van der Waals surface area contributed by atoms with E-state index >= 15 is 0 Å². The van der Waals surface area contributed by atoms with Gasteiger partial charge in [0.1, 0.15) is 0 Å². The maximum absolute atomic E-state index is 11.7. The Morgan fingerprint density at radius 3 is 2.00 bits per heavy atom. The van der Waals surface area contributed by atoms with Crippen LogP contribution >= 0.6 is 0 Å². The summed E-state index contributed by atoms with van der Waals surface area (Å²) in [7, 11) is 1.70. The van der Waals surface area contributed by atoms with Crippen molar-refractivity contribution in [3.8, 4) is 0 Å². The lowest BCUT2D eigenvalue weighted by molar-refractivity contribution is -0.130. The third-order valence-electron chi connectivity index (χ3n) is 2.39. The van der Waals surface area contributed by atoms with E-state index in [4.69, 9.17) is 5.73 Å². The van der Waals surface area contributed by atoms with Crippen molar-refractivity contribution in [1.29, 1.82) is 0 Å². The molecule has 0 saturated carbocycles. The fourth-order valence-electron chi connectivity index (χ4n) is 1.18. The second kappa shape index (κ2) is 8.23. The molecule has 0 radical (unpaired) electrons. The quantitative estimate of drug-likeness (QED) is 0.826. The Hall–Kier alpha value is -0.900. The summed E-state index contributed by atoms with van der Waals surface area (Å²) in [5, 5.41) is 0. The molecule has 0 aliphatic heterocycles. The molecule has 0 heterocycles. The maximum atomic E-state index is 11.7. The fraction of sp³-hybridized carbons (Fsp3) is 0.846. The van der Waals surface area contributed by atoms with E-state index in [0.717, 1.165) is 0 Å². The average molecular weight is 246 g/mol. The third kappa shape index (κ3) is 7.91. The molecule has 0 spiro atoms. The minimum atomic E-state index is -0.480. The molecule has 4 nitrogen and oxygen atoms in total. The Morgan fingerprint density at radius 2 is 1.71 bits per heavy atom. The van der Waals surface area contributed by atoms with E-state index in [0.29, 0.717) is 13.0 Å². The Morgan fingerprint density at radius 1 is 1.29 bits per heavy atom. The number of nitrogens with zero attached hydrogens (tertiary/aromatic N) is 1. The van der Waals surface area contributed by atoms with Gasteiger partial charge in [-0.05, 0) is 6.42 Å². The monoisotopic (exact) mass is 246 g/mol. The first-order chi connectivity index (χ1) is 7.66. The first kappa shape index (κ1) is 18.5. The van der Waals surface area contributed by atoms with Crippen LogP contribution in [0.1, 0.15) is 49.4 Å². The van der Waals surface area contributed by atoms with Gasteiger partial charge in [0.05, 0.1) is 6.04 Å². The fourth-order valence-corrected chi connectivity index (χ4v) is 1.18. The summed E-state index contributed by atoms with van der Waals surface area (Å²) in [6.07, 6.45) is 0.520. The van der Waals surface area contributed by atoms with Crippen molar-refractivity contribution < 1.29 is 11.0 Å². The molecule has 1 unspecified atom stereocenters. The van der Waals surface area contributed by atoms with Crippen LogP contribution in [0.4, 0.5) is 0 Å². The average Bonchev–Trinajstić information content (AvgIpc) is 2.25. The molecule has 1 atom stereocenters. The minimum Gasteiger partial charge on any atom is -0.346 e. The van der Waals surface area contributed by atoms with Gasteiger partial charge in [-0.25, -0.2) is 0 Å². The van der Waals surface area contributed by atoms with E-state index in [1.807, 2.05) is 34.6 Å². The topological polar surface area (TPSA) is 63.4 Å². The molecule has 0 aromatic heterocycles. The van der Waals surface area contributed by atoms with Crippen LogP contribution in [-0.2, 0) is 9.59 Å². The van der Waals surface area contributed by atoms with Crippen LogP contribution in [0, 0.1) is 5.41 Å². The molecule has 0 aromatic carbocycles. The number of hydrogen-bond acceptors (Lipinski definition) is 3. The van der Waals surface area contributed by atoms with Crippen molar-refractivity contribution in [2.75, 3.05) is 13.6 Å². The number of hydrogen-bond donors (Lipinski definition) is 1. The zero-order valence-electron chi connectivity index (χ0n) is 12.3. The van der Waals surface area contributed by atoms with Crippen LogP contribution in [0.25, 0.3) is 0 Å². The molecule has 2 N–H and O–H groups in total. The number of nitrogens with two attached hydrogens (primary N) is 1. The van der Waals surface area contributed by atoms with Crippen LogP contribution in [0.3, 0.4) is 0 Å². The molecule has 17 heavy (non-hydrogen) atoms. The summed E-state index contributed by atoms with van der Waals surface area (Å²) in [6.45, 7) is 11.6. The Bertz CT molecular complexity index is 250. The lowest BCUT2D eigenvalue weighted by atomic mass is 9.86. The lowest BCUT2D eigenvalue weighted by Gasteiger charge is -2.23. The van der Waals surface area contributed by atoms with Gasteiger partial charge in [0.15, 0.2) is 5.78 Å². The van der Waals surface area contributed by atoms with Crippen molar-refractivity contribution in [3.63, 3.8) is 0 Å². The van der Waals surface area contributed by atoms with E-state index in [1.165, 1.54) is 6.92 Å². The number of Topliss-reactive ketones (excluding diaryl/α,β-unsaturated/α-hetero) is 1. The largest absolute Gasteiger partial charge is 0.346 e. The Labute approximate surface area is 107 Å². The molecule has 0 fully saturated rings. The standard InChI is InChI=1S/C11H22N2O2.C2H6.H2/c1-8(14)13(5)7-6-9(12)10(15)11(2,3)4;1-2;/h9H,6-7,12H2,1-5H3;1-2H3;1H. The molecular weight excluding hydrogens is 216 g/mol. The van der Waals surface area contributed by atoms with E-state index in [1.54, 1.807) is 11.9 Å². The highest BCUT2D eigenvalue weighted by Crippen LogP contribution is 2.17. The van der Waals surface area contributed by atoms with Gasteiger partial charge < -0.3 is 10.6 Å². The zero-order valence-corrected chi connectivity index (χ0v) is 12.3. The van der Waals surface area contributed by atoms with Crippen LogP contribution < -0.4 is 5.73 Å². The minimum absolute atomic E-state index is 0. The summed E-state index contributed by atoms with van der Waals surface area (Å²) in [5.74, 6) is 0.0323. The summed E-state index contributed by atoms with van der Waals surface area (Å²) in [4.78, 5) is 24.2. The van der Waals surface area contributed by atoms with E-state index in [9.17, 15) is 9.59 Å². The number of ketones is 1. The van der Waals surface area contributed by atoms with Gasteiger partial charge in [0, 0.05) is 27.4 Å². The van der Waals surface area contributed by atoms with Crippen LogP contribution in [-0.4, -0.2) is 36.2 Å². The number of rotatable bonds is 4. The molecule has 1 amide bonds. The molecule has 104 valence electrons. The van der Waals surface area contributed by atoms with Gasteiger partial charge in [-0.2, -0.15) is 0 Å². The van der Waals surface area contributed by atoms with Crippen molar-refractivity contribution in [3.05, 3.63) is 0 Å². The molecule has 0 aliphatic rings. The maximum Gasteiger partial charge on any atom is 0.219 e. The zero-order chi connectivity index (χ0) is 14.2. The van der Waals surface area contributed by atoms with Crippen LogP contribution in [0.15, 0.2) is 0 Å². The number of amides is 1. The highest BCUT2D eigenvalue weighted by molar-refractivity contribution is 5.88. The lowest BCUT2D eigenvalue weighted by Crippen LogP contribution is -2.41. The molecule has 0 rings (SSSR count). The highest BCUT2D eigenvalue weighted by Gasteiger charge is 2.26. The van der Waals surface area contributed by atoms with Crippen molar-refractivity contribution >= 4 is 11.7 Å². The van der Waals surface area contributed by atoms with Gasteiger partial charge >= 0.3 is 0 Å². The van der Waals surface area contributed by atoms with Gasteiger partial charge in [-0.1, -0.05) is 34.6 Å². The van der Waals surface area contributed by atoms with Crippen LogP contribution in [0.5, 0.6) is 0 Å². The number of carbonyl (C=O) groups excluding carboxylic acids is 2. The predicted octanol–water partition coefficient (Wildman–Crippen LogP) is 2.07. The summed E-state index contributed by atoms with van der Waals surface area (Å²) >= 11 is 0. The first-order valence-electron chi connectivity index (χ1n) is 6.18. The normalized spacial score (nSPS) is 12.2. The van der Waals surface area contributed by atoms with Gasteiger partial charge in [-0.3, -0.25) is 9.59 Å². The summed E-state index contributed by atoms with van der Waals surface area (Å²) in [6, 6.07) is -0.480. The first-order valence-corrected chi connectivity index (χ1v) is 6.18. The molecule has 0 bridgehead atoms. The predicted molar refractivity (Wildman–Crippen MR) is 73.8 cm³/mol. The Balaban J connectivity index is -0.000000709. The molecule has 0 saturated heterocycles. The smallest absolute Gasteiger partial charge is 0.219 e. The van der Waals surface area contributed by atoms with Crippen molar-refractivity contribution in [2.45, 2.75) is 54.0 Å². The molecule has 0 aromatic rings. The molecule has 4 heteroatoms. The molecular formula is C13H30N2O2. The highest BCUT2D eigenvalue weighted by atomic mass is 16.2. The number of carbonyl (C=O) groups is 2. The second-order valence-electron chi connectivity index (χ2n) is 4.95. The second-order valence-corrected chi connectivity index (χ2v) is 4.95. The van der Waals surface area contributed by atoms with Crippen molar-refractivity contribution in [2.24, 2.45) is 11.1 Å². The summed E-state index contributed by atoms with van der Waals surface area (Å²) in [5.41, 5.74) is 5.36. The third-order valence-corrected chi connectivity index (χ3v) is 2.39. The molecule has 0 aliphatic carbocycles. The SMILES string of the molecule is CC.CC(=O)N(C)CCC(N)C(=O)C(C)(C)C.[HH]. The van der Waals surface area contributed by atoms with Gasteiger partial charge in [0.2, 0.25) is 5.91 Å². The van der Waals surface area contributed by atoms with Crippen molar-refractivity contribution in [1.82, 2.24) is 4.90 Å². The van der Waals surface area contributed by atoms with E-state index < -0.39 is 11.5 Å². The summed E-state index contributed by atoms with van der Waals surface area (Å²) < 4.78 is 0. The van der Waals surface area contributed by atoms with Crippen LogP contribution in [0.2, 0.25) is 0 Å². The van der Waals surface area contributed by atoms with Gasteiger partial charge in [0.25, 0.3) is 0 Å². The van der Waals surface area contributed by atoms with E-state index in [-0.39, 0.29) is 13.1 Å². The van der Waals surface area contributed by atoms with E-state index in [2.05, 4.69) is 0 Å². The Kier molecular flexibility index (Phi) is 8.94. The van der Waals surface area contributed by atoms with Gasteiger partial charge in [-0.15, -0.1) is 0 Å².